The molecule has 0 aliphatic heterocycles. The second-order valence-corrected chi connectivity index (χ2v) is 3.91. The molecule has 4 heteroatoms. The van der Waals surface area contributed by atoms with E-state index in [4.69, 9.17) is 0 Å². The lowest BCUT2D eigenvalue weighted by atomic mass is 10.1. The molecule has 2 rings (SSSR count). The van der Waals surface area contributed by atoms with Crippen molar-refractivity contribution >= 4 is 17.1 Å². The van der Waals surface area contributed by atoms with Crippen LogP contribution in [0.5, 0.6) is 0 Å². The Kier molecular flexibility index (Phi) is 2.45. The van der Waals surface area contributed by atoms with Gasteiger partial charge in [0.2, 0.25) is 0 Å². The van der Waals surface area contributed by atoms with E-state index < -0.39 is 0 Å². The van der Waals surface area contributed by atoms with E-state index >= 15 is 0 Å². The van der Waals surface area contributed by atoms with Gasteiger partial charge in [0.05, 0.1) is 6.20 Å². The zero-order valence-corrected chi connectivity index (χ0v) is 8.62. The Labute approximate surface area is 86.0 Å². The summed E-state index contributed by atoms with van der Waals surface area (Å²) in [6, 6.07) is 1.85. The van der Waals surface area contributed by atoms with Crippen molar-refractivity contribution in [3.63, 3.8) is 0 Å². The molecule has 14 heavy (non-hydrogen) atoms. The number of carbonyl (C=O) groups is 1. The highest BCUT2D eigenvalue weighted by molar-refractivity contribution is 7.08. The van der Waals surface area contributed by atoms with E-state index in [9.17, 15) is 4.79 Å². The Morgan fingerprint density at radius 3 is 3.07 bits per heavy atom. The molecule has 0 radical (unpaired) electrons. The third-order valence-corrected chi connectivity index (χ3v) is 2.65. The molecule has 0 N–H and O–H groups in total. The Bertz CT molecular complexity index is 431. The van der Waals surface area contributed by atoms with Crippen LogP contribution < -0.4 is 0 Å². The van der Waals surface area contributed by atoms with Gasteiger partial charge in [0, 0.05) is 30.6 Å². The molecule has 0 saturated carbocycles. The zero-order chi connectivity index (χ0) is 9.97. The van der Waals surface area contributed by atoms with Crippen LogP contribution in [0.4, 0.5) is 0 Å². The molecule has 3 nitrogen and oxygen atoms in total. The molecule has 0 fully saturated rings. The summed E-state index contributed by atoms with van der Waals surface area (Å²) in [5.74, 6) is 0.152. The van der Waals surface area contributed by atoms with Gasteiger partial charge in [0.1, 0.15) is 0 Å². The van der Waals surface area contributed by atoms with Crippen molar-refractivity contribution in [3.05, 3.63) is 40.3 Å². The van der Waals surface area contributed by atoms with Crippen LogP contribution in [0.15, 0.2) is 29.2 Å². The van der Waals surface area contributed by atoms with Crippen molar-refractivity contribution in [2.45, 2.75) is 6.42 Å². The first-order valence-electron chi connectivity index (χ1n) is 4.28. The first-order chi connectivity index (χ1) is 6.75. The number of hydrogen-bond donors (Lipinski definition) is 0. The summed E-state index contributed by atoms with van der Waals surface area (Å²) < 4.78 is 1.70. The highest BCUT2D eigenvalue weighted by Gasteiger charge is 2.07. The molecule has 0 saturated heterocycles. The van der Waals surface area contributed by atoms with Crippen LogP contribution in [0.3, 0.4) is 0 Å². The Morgan fingerprint density at radius 2 is 2.50 bits per heavy atom. The average molecular weight is 206 g/mol. The molecular weight excluding hydrogens is 196 g/mol. The molecule has 0 aromatic carbocycles. The molecular formula is C10H10N2OS. The van der Waals surface area contributed by atoms with Crippen LogP contribution in [-0.4, -0.2) is 15.6 Å². The lowest BCUT2D eigenvalue weighted by molar-refractivity contribution is 0.0993. The fourth-order valence-corrected chi connectivity index (χ4v) is 1.93. The van der Waals surface area contributed by atoms with Gasteiger partial charge in [-0.2, -0.15) is 16.4 Å². The minimum absolute atomic E-state index is 0.152. The zero-order valence-electron chi connectivity index (χ0n) is 7.80. The Hall–Kier alpha value is -1.42. The average Bonchev–Trinajstić information content (AvgIpc) is 2.75. The molecule has 2 aromatic heterocycles. The predicted molar refractivity (Wildman–Crippen MR) is 55.6 cm³/mol. The van der Waals surface area contributed by atoms with E-state index in [-0.39, 0.29) is 5.78 Å². The standard InChI is InChI=1S/C10H10N2OS/c1-12-6-8(5-11-12)4-10(13)9-2-3-14-7-9/h2-3,5-7H,4H2,1H3. The summed E-state index contributed by atoms with van der Waals surface area (Å²) in [4.78, 5) is 11.7. The topological polar surface area (TPSA) is 34.9 Å². The predicted octanol–water partition coefficient (Wildman–Crippen LogP) is 1.91. The van der Waals surface area contributed by atoms with E-state index in [2.05, 4.69) is 5.10 Å². The highest BCUT2D eigenvalue weighted by Crippen LogP contribution is 2.10. The number of ketones is 1. The maximum atomic E-state index is 11.7. The SMILES string of the molecule is Cn1cc(CC(=O)c2ccsc2)cn1. The highest BCUT2D eigenvalue weighted by atomic mass is 32.1. The van der Waals surface area contributed by atoms with Crippen LogP contribution in [0.25, 0.3) is 0 Å². The van der Waals surface area contributed by atoms with Gasteiger partial charge in [-0.05, 0) is 17.0 Å². The fourth-order valence-electron chi connectivity index (χ4n) is 1.27. The molecule has 2 aromatic rings. The molecule has 72 valence electrons. The minimum atomic E-state index is 0.152. The summed E-state index contributed by atoms with van der Waals surface area (Å²) in [7, 11) is 1.85. The number of hydrogen-bond acceptors (Lipinski definition) is 3. The third kappa shape index (κ3) is 1.90. The molecule has 0 aliphatic rings. The lowest BCUT2D eigenvalue weighted by Crippen LogP contribution is -2.00. The van der Waals surface area contributed by atoms with Gasteiger partial charge in [-0.1, -0.05) is 0 Å². The molecule has 0 atom stereocenters. The quantitative estimate of drug-likeness (QED) is 0.719. The second-order valence-electron chi connectivity index (χ2n) is 3.13. The number of thiophene rings is 1. The van der Waals surface area contributed by atoms with E-state index in [1.807, 2.05) is 30.1 Å². The van der Waals surface area contributed by atoms with Gasteiger partial charge < -0.3 is 0 Å². The summed E-state index contributed by atoms with van der Waals surface area (Å²) in [6.07, 6.45) is 4.03. The molecule has 2 heterocycles. The normalized spacial score (nSPS) is 10.4. The van der Waals surface area contributed by atoms with Gasteiger partial charge >= 0.3 is 0 Å². The van der Waals surface area contributed by atoms with Crippen LogP contribution in [0.2, 0.25) is 0 Å². The van der Waals surface area contributed by atoms with Crippen molar-refractivity contribution < 1.29 is 4.79 Å². The number of aryl methyl sites for hydroxylation is 1. The summed E-state index contributed by atoms with van der Waals surface area (Å²) in [5, 5.41) is 7.80. The van der Waals surface area contributed by atoms with Gasteiger partial charge in [-0.15, -0.1) is 0 Å². The van der Waals surface area contributed by atoms with Gasteiger partial charge in [0.15, 0.2) is 5.78 Å². The summed E-state index contributed by atoms with van der Waals surface area (Å²) in [6.45, 7) is 0. The van der Waals surface area contributed by atoms with E-state index in [0.717, 1.165) is 11.1 Å². The lowest BCUT2D eigenvalue weighted by Gasteiger charge is -1.93. The van der Waals surface area contributed by atoms with Crippen LogP contribution in [0.1, 0.15) is 15.9 Å². The monoisotopic (exact) mass is 206 g/mol. The summed E-state index contributed by atoms with van der Waals surface area (Å²) >= 11 is 1.54. The van der Waals surface area contributed by atoms with Gasteiger partial charge in [0.25, 0.3) is 0 Å². The molecule has 0 aliphatic carbocycles. The number of nitrogens with zero attached hydrogens (tertiary/aromatic N) is 2. The number of carbonyl (C=O) groups excluding carboxylic acids is 1. The van der Waals surface area contributed by atoms with E-state index in [0.29, 0.717) is 6.42 Å². The fraction of sp³-hybridized carbons (Fsp3) is 0.200. The van der Waals surface area contributed by atoms with E-state index in [1.54, 1.807) is 22.2 Å². The van der Waals surface area contributed by atoms with Crippen molar-refractivity contribution in [2.24, 2.45) is 7.05 Å². The largest absolute Gasteiger partial charge is 0.294 e. The maximum Gasteiger partial charge on any atom is 0.168 e. The minimum Gasteiger partial charge on any atom is -0.294 e. The van der Waals surface area contributed by atoms with Gasteiger partial charge in [-0.3, -0.25) is 9.48 Å². The van der Waals surface area contributed by atoms with Crippen LogP contribution in [0, 0.1) is 0 Å². The number of aromatic nitrogens is 2. The smallest absolute Gasteiger partial charge is 0.168 e. The molecule has 0 amide bonds. The Morgan fingerprint density at radius 1 is 1.64 bits per heavy atom. The van der Waals surface area contributed by atoms with Crippen LogP contribution >= 0.6 is 11.3 Å². The van der Waals surface area contributed by atoms with Crippen molar-refractivity contribution in [1.82, 2.24) is 9.78 Å². The Balaban J connectivity index is 2.09. The molecule has 0 spiro atoms. The second kappa shape index (κ2) is 3.75. The first-order valence-corrected chi connectivity index (χ1v) is 5.23. The van der Waals surface area contributed by atoms with Crippen molar-refractivity contribution in [2.75, 3.05) is 0 Å². The van der Waals surface area contributed by atoms with Crippen molar-refractivity contribution in [1.29, 1.82) is 0 Å². The first kappa shape index (κ1) is 9.15. The molecule has 0 bridgehead atoms. The number of rotatable bonds is 3. The van der Waals surface area contributed by atoms with Crippen molar-refractivity contribution in [3.8, 4) is 0 Å². The van der Waals surface area contributed by atoms with Crippen LogP contribution in [-0.2, 0) is 13.5 Å². The van der Waals surface area contributed by atoms with E-state index in [1.165, 1.54) is 0 Å². The summed E-state index contributed by atoms with van der Waals surface area (Å²) in [5.41, 5.74) is 1.75. The molecule has 0 unspecified atom stereocenters. The third-order valence-electron chi connectivity index (χ3n) is 1.97. The van der Waals surface area contributed by atoms with Gasteiger partial charge in [-0.25, -0.2) is 0 Å². The number of Topliss-reactive ketones (excluding diaryl/α,β-unsaturated/α-hetero) is 1. The maximum absolute atomic E-state index is 11.7.